The van der Waals surface area contributed by atoms with Crippen LogP contribution in [0.15, 0.2) is 11.8 Å². The SMILES string of the molecule is CCCC/C=C/[Si](C)(C)C. The van der Waals surface area contributed by atoms with Crippen LogP contribution in [0.3, 0.4) is 0 Å². The average molecular weight is 156 g/mol. The molecule has 0 aliphatic carbocycles. The lowest BCUT2D eigenvalue weighted by Crippen LogP contribution is -2.15. The molecule has 60 valence electrons. The summed E-state index contributed by atoms with van der Waals surface area (Å²) < 4.78 is 0. The molecule has 0 aliphatic heterocycles. The quantitative estimate of drug-likeness (QED) is 0.431. The van der Waals surface area contributed by atoms with Crippen LogP contribution in [0, 0.1) is 0 Å². The fourth-order valence-electron chi connectivity index (χ4n) is 0.759. The van der Waals surface area contributed by atoms with Gasteiger partial charge < -0.3 is 0 Å². The van der Waals surface area contributed by atoms with E-state index in [1.165, 1.54) is 19.3 Å². The molecule has 0 rings (SSSR count). The van der Waals surface area contributed by atoms with Crippen molar-refractivity contribution < 1.29 is 0 Å². The molecule has 0 aromatic carbocycles. The van der Waals surface area contributed by atoms with E-state index in [0.29, 0.717) is 0 Å². The minimum Gasteiger partial charge on any atom is -0.0989 e. The van der Waals surface area contributed by atoms with Crippen molar-refractivity contribution in [2.24, 2.45) is 0 Å². The van der Waals surface area contributed by atoms with Crippen molar-refractivity contribution in [3.8, 4) is 0 Å². The zero-order valence-electron chi connectivity index (χ0n) is 7.78. The van der Waals surface area contributed by atoms with E-state index in [-0.39, 0.29) is 0 Å². The van der Waals surface area contributed by atoms with Crippen molar-refractivity contribution in [3.63, 3.8) is 0 Å². The minimum absolute atomic E-state index is 0.888. The molecule has 0 aliphatic rings. The molecule has 0 spiro atoms. The number of unbranched alkanes of at least 4 members (excludes halogenated alkanes) is 2. The minimum atomic E-state index is -0.888. The number of hydrogen-bond donors (Lipinski definition) is 0. The first-order chi connectivity index (χ1) is 4.56. The Balaban J connectivity index is 3.37. The van der Waals surface area contributed by atoms with E-state index in [1.54, 1.807) is 0 Å². The highest BCUT2D eigenvalue weighted by Gasteiger charge is 2.05. The van der Waals surface area contributed by atoms with Crippen molar-refractivity contribution in [3.05, 3.63) is 11.8 Å². The zero-order chi connectivity index (χ0) is 8.04. The fourth-order valence-corrected chi connectivity index (χ4v) is 1.63. The molecule has 0 saturated carbocycles. The molecule has 0 aromatic rings. The third-order valence-corrected chi connectivity index (χ3v) is 2.58. The second kappa shape index (κ2) is 4.72. The summed E-state index contributed by atoms with van der Waals surface area (Å²) in [6.07, 6.45) is 6.30. The Bertz CT molecular complexity index is 97.8. The Morgan fingerprint density at radius 2 is 1.80 bits per heavy atom. The Hall–Kier alpha value is -0.0431. The molecule has 0 saturated heterocycles. The van der Waals surface area contributed by atoms with Gasteiger partial charge in [0, 0.05) is 0 Å². The third kappa shape index (κ3) is 7.96. The van der Waals surface area contributed by atoms with Gasteiger partial charge in [-0.1, -0.05) is 51.2 Å². The van der Waals surface area contributed by atoms with Crippen molar-refractivity contribution in [2.45, 2.75) is 45.8 Å². The van der Waals surface area contributed by atoms with Crippen molar-refractivity contribution in [1.29, 1.82) is 0 Å². The van der Waals surface area contributed by atoms with E-state index in [1.807, 2.05) is 0 Å². The van der Waals surface area contributed by atoms with E-state index < -0.39 is 8.07 Å². The van der Waals surface area contributed by atoms with Crippen LogP contribution in [0.1, 0.15) is 26.2 Å². The Kier molecular flexibility index (Phi) is 4.70. The highest BCUT2D eigenvalue weighted by Crippen LogP contribution is 2.04. The van der Waals surface area contributed by atoms with Crippen molar-refractivity contribution in [2.75, 3.05) is 0 Å². The Labute approximate surface area is 66.4 Å². The summed E-state index contributed by atoms with van der Waals surface area (Å²) in [4.78, 5) is 0. The Morgan fingerprint density at radius 1 is 1.20 bits per heavy atom. The van der Waals surface area contributed by atoms with E-state index in [4.69, 9.17) is 0 Å². The molecule has 0 radical (unpaired) electrons. The van der Waals surface area contributed by atoms with E-state index in [2.05, 4.69) is 38.3 Å². The summed E-state index contributed by atoms with van der Waals surface area (Å²) in [6, 6.07) is 0. The van der Waals surface area contributed by atoms with E-state index >= 15 is 0 Å². The second-order valence-electron chi connectivity index (χ2n) is 3.91. The van der Waals surface area contributed by atoms with Gasteiger partial charge in [0.1, 0.15) is 0 Å². The largest absolute Gasteiger partial charge is 0.0989 e. The molecule has 0 atom stereocenters. The Morgan fingerprint density at radius 3 is 2.20 bits per heavy atom. The van der Waals surface area contributed by atoms with Gasteiger partial charge in [0.25, 0.3) is 0 Å². The summed E-state index contributed by atoms with van der Waals surface area (Å²) in [6.45, 7) is 9.35. The van der Waals surface area contributed by atoms with Crippen molar-refractivity contribution in [1.82, 2.24) is 0 Å². The summed E-state index contributed by atoms with van der Waals surface area (Å²) >= 11 is 0. The topological polar surface area (TPSA) is 0 Å². The van der Waals surface area contributed by atoms with Gasteiger partial charge in [-0.15, -0.1) is 0 Å². The normalized spacial score (nSPS) is 12.8. The smallest absolute Gasteiger partial charge is 0.0682 e. The van der Waals surface area contributed by atoms with Crippen LogP contribution in [-0.4, -0.2) is 8.07 Å². The highest BCUT2D eigenvalue weighted by molar-refractivity contribution is 6.80. The zero-order valence-corrected chi connectivity index (χ0v) is 8.78. The molecule has 0 nitrogen and oxygen atoms in total. The molecular formula is C9H20Si. The van der Waals surface area contributed by atoms with Crippen LogP contribution in [-0.2, 0) is 0 Å². The first kappa shape index (κ1) is 9.96. The fraction of sp³-hybridized carbons (Fsp3) is 0.778. The summed E-state index contributed by atoms with van der Waals surface area (Å²) in [5, 5.41) is 0. The van der Waals surface area contributed by atoms with E-state index in [0.717, 1.165) is 0 Å². The standard InChI is InChI=1S/C9H20Si/c1-5-6-7-8-9-10(2,3)4/h8-9H,5-7H2,1-4H3/b9-8+. The number of hydrogen-bond acceptors (Lipinski definition) is 0. The summed E-state index contributed by atoms with van der Waals surface area (Å²) in [5.74, 6) is 0. The first-order valence-electron chi connectivity index (χ1n) is 4.24. The van der Waals surface area contributed by atoms with Gasteiger partial charge in [0.2, 0.25) is 0 Å². The molecule has 0 aromatic heterocycles. The van der Waals surface area contributed by atoms with Crippen LogP contribution in [0.2, 0.25) is 19.6 Å². The van der Waals surface area contributed by atoms with Gasteiger partial charge in [0.05, 0.1) is 8.07 Å². The lowest BCUT2D eigenvalue weighted by molar-refractivity contribution is 0.815. The average Bonchev–Trinajstić information content (AvgIpc) is 1.78. The first-order valence-corrected chi connectivity index (χ1v) is 7.81. The molecule has 0 unspecified atom stereocenters. The maximum absolute atomic E-state index is 2.43. The lowest BCUT2D eigenvalue weighted by atomic mass is 10.2. The maximum Gasteiger partial charge on any atom is 0.0682 e. The van der Waals surface area contributed by atoms with Crippen LogP contribution < -0.4 is 0 Å². The molecule has 10 heavy (non-hydrogen) atoms. The molecule has 0 amide bonds. The van der Waals surface area contributed by atoms with Gasteiger partial charge in [-0.2, -0.15) is 0 Å². The van der Waals surface area contributed by atoms with Gasteiger partial charge in [-0.05, 0) is 6.42 Å². The summed E-state index contributed by atoms with van der Waals surface area (Å²) in [5.41, 5.74) is 2.43. The van der Waals surface area contributed by atoms with Gasteiger partial charge in [-0.25, -0.2) is 0 Å². The van der Waals surface area contributed by atoms with Gasteiger partial charge >= 0.3 is 0 Å². The number of rotatable bonds is 4. The predicted octanol–water partition coefficient (Wildman–Crippen LogP) is 3.61. The lowest BCUT2D eigenvalue weighted by Gasteiger charge is -2.07. The highest BCUT2D eigenvalue weighted by atomic mass is 28.3. The van der Waals surface area contributed by atoms with Crippen LogP contribution in [0.5, 0.6) is 0 Å². The van der Waals surface area contributed by atoms with Gasteiger partial charge in [-0.3, -0.25) is 0 Å². The molecule has 0 heterocycles. The molecule has 0 fully saturated rings. The van der Waals surface area contributed by atoms with Crippen LogP contribution >= 0.6 is 0 Å². The number of allylic oxidation sites excluding steroid dienone is 1. The van der Waals surface area contributed by atoms with Crippen molar-refractivity contribution >= 4 is 8.07 Å². The maximum atomic E-state index is 2.43. The molecular weight excluding hydrogens is 136 g/mol. The van der Waals surface area contributed by atoms with Crippen LogP contribution in [0.4, 0.5) is 0 Å². The van der Waals surface area contributed by atoms with Crippen LogP contribution in [0.25, 0.3) is 0 Å². The summed E-state index contributed by atoms with van der Waals surface area (Å²) in [7, 11) is -0.888. The van der Waals surface area contributed by atoms with Gasteiger partial charge in [0.15, 0.2) is 0 Å². The predicted molar refractivity (Wildman–Crippen MR) is 52.0 cm³/mol. The second-order valence-corrected chi connectivity index (χ2v) is 8.98. The monoisotopic (exact) mass is 156 g/mol. The van der Waals surface area contributed by atoms with E-state index in [9.17, 15) is 0 Å². The molecule has 0 N–H and O–H groups in total. The molecule has 0 bridgehead atoms. The molecule has 1 heteroatoms. The third-order valence-electron chi connectivity index (χ3n) is 1.34.